The summed E-state index contributed by atoms with van der Waals surface area (Å²) < 4.78 is 10.4. The van der Waals surface area contributed by atoms with Gasteiger partial charge in [-0.15, -0.1) is 11.3 Å². The molecule has 0 saturated heterocycles. The normalized spacial score (nSPS) is 12.2. The zero-order valence-corrected chi connectivity index (χ0v) is 11.5. The molecule has 0 fully saturated rings. The van der Waals surface area contributed by atoms with Gasteiger partial charge in [-0.1, -0.05) is 6.07 Å². The first-order valence-electron chi connectivity index (χ1n) is 5.61. The molecular weight excluding hydrogens is 248 g/mol. The minimum Gasteiger partial charge on any atom is -0.497 e. The maximum atomic E-state index is 10.4. The van der Waals surface area contributed by atoms with Crippen molar-refractivity contribution in [2.45, 2.75) is 13.0 Å². The third-order valence-electron chi connectivity index (χ3n) is 2.90. The van der Waals surface area contributed by atoms with Gasteiger partial charge in [0.25, 0.3) is 0 Å². The summed E-state index contributed by atoms with van der Waals surface area (Å²) in [7, 11) is 3.24. The van der Waals surface area contributed by atoms with Crippen LogP contribution in [0.3, 0.4) is 0 Å². The number of benzene rings is 1. The van der Waals surface area contributed by atoms with Crippen LogP contribution >= 0.6 is 11.3 Å². The number of methoxy groups -OCH3 is 2. The quantitative estimate of drug-likeness (QED) is 0.922. The molecule has 96 valence electrons. The molecule has 0 aliphatic heterocycles. The van der Waals surface area contributed by atoms with E-state index in [1.54, 1.807) is 14.2 Å². The van der Waals surface area contributed by atoms with Crippen LogP contribution in [0.4, 0.5) is 0 Å². The van der Waals surface area contributed by atoms with Crippen LogP contribution in [0.2, 0.25) is 0 Å². The molecule has 4 heteroatoms. The molecule has 0 aliphatic rings. The third kappa shape index (κ3) is 2.35. The van der Waals surface area contributed by atoms with Crippen molar-refractivity contribution in [2.75, 3.05) is 14.2 Å². The van der Waals surface area contributed by atoms with E-state index in [1.807, 2.05) is 36.6 Å². The summed E-state index contributed by atoms with van der Waals surface area (Å²) >= 11 is 1.49. The lowest BCUT2D eigenvalue weighted by Crippen LogP contribution is -2.02. The molecule has 3 nitrogen and oxygen atoms in total. The van der Waals surface area contributed by atoms with Gasteiger partial charge in [-0.3, -0.25) is 0 Å². The molecule has 1 unspecified atom stereocenters. The average Bonchev–Trinajstić information content (AvgIpc) is 2.86. The van der Waals surface area contributed by atoms with E-state index in [0.717, 1.165) is 27.5 Å². The number of hydrogen-bond acceptors (Lipinski definition) is 4. The Morgan fingerprint density at radius 1 is 1.17 bits per heavy atom. The number of thiophene rings is 1. The number of ether oxygens (including phenoxy) is 2. The fourth-order valence-corrected chi connectivity index (χ4v) is 2.76. The molecule has 1 heterocycles. The van der Waals surface area contributed by atoms with Crippen LogP contribution in [0.1, 0.15) is 22.1 Å². The van der Waals surface area contributed by atoms with Gasteiger partial charge in [0.05, 0.1) is 19.1 Å². The highest BCUT2D eigenvalue weighted by Crippen LogP contribution is 2.36. The van der Waals surface area contributed by atoms with Crippen molar-refractivity contribution in [2.24, 2.45) is 0 Å². The van der Waals surface area contributed by atoms with E-state index in [2.05, 4.69) is 0 Å². The number of aliphatic hydroxyl groups is 1. The fourth-order valence-electron chi connectivity index (χ4n) is 1.90. The van der Waals surface area contributed by atoms with Crippen molar-refractivity contribution in [1.82, 2.24) is 0 Å². The lowest BCUT2D eigenvalue weighted by molar-refractivity contribution is 0.218. The van der Waals surface area contributed by atoms with Crippen LogP contribution < -0.4 is 9.47 Å². The van der Waals surface area contributed by atoms with Crippen molar-refractivity contribution in [3.05, 3.63) is 45.6 Å². The lowest BCUT2D eigenvalue weighted by Gasteiger charge is -2.14. The van der Waals surface area contributed by atoms with Crippen LogP contribution in [-0.2, 0) is 0 Å². The van der Waals surface area contributed by atoms with E-state index < -0.39 is 6.10 Å². The lowest BCUT2D eigenvalue weighted by atomic mass is 10.0. The van der Waals surface area contributed by atoms with E-state index in [0.29, 0.717) is 0 Å². The van der Waals surface area contributed by atoms with Gasteiger partial charge in [-0.05, 0) is 41.6 Å². The Hall–Kier alpha value is -1.52. The highest BCUT2D eigenvalue weighted by atomic mass is 32.1. The zero-order chi connectivity index (χ0) is 13.1. The Labute approximate surface area is 111 Å². The van der Waals surface area contributed by atoms with Crippen molar-refractivity contribution in [3.8, 4) is 11.5 Å². The molecule has 0 radical (unpaired) electrons. The van der Waals surface area contributed by atoms with E-state index >= 15 is 0 Å². The maximum Gasteiger partial charge on any atom is 0.135 e. The van der Waals surface area contributed by atoms with Crippen molar-refractivity contribution in [3.63, 3.8) is 0 Å². The van der Waals surface area contributed by atoms with Crippen LogP contribution in [0.15, 0.2) is 29.6 Å². The van der Waals surface area contributed by atoms with Gasteiger partial charge < -0.3 is 14.6 Å². The molecule has 2 aromatic rings. The van der Waals surface area contributed by atoms with E-state index in [1.165, 1.54) is 11.3 Å². The van der Waals surface area contributed by atoms with Gasteiger partial charge in [-0.25, -0.2) is 0 Å². The second-order valence-electron chi connectivity index (χ2n) is 3.98. The topological polar surface area (TPSA) is 38.7 Å². The summed E-state index contributed by atoms with van der Waals surface area (Å²) in [5.74, 6) is 1.52. The number of aryl methyl sites for hydroxylation is 1. The Morgan fingerprint density at radius 3 is 2.56 bits per heavy atom. The monoisotopic (exact) mass is 264 g/mol. The Bertz CT molecular complexity index is 534. The van der Waals surface area contributed by atoms with Gasteiger partial charge in [0.2, 0.25) is 0 Å². The van der Waals surface area contributed by atoms with Gasteiger partial charge in [0, 0.05) is 0 Å². The van der Waals surface area contributed by atoms with Crippen LogP contribution in [0.25, 0.3) is 0 Å². The second-order valence-corrected chi connectivity index (χ2v) is 4.93. The molecule has 1 aromatic carbocycles. The minimum absolute atomic E-state index is 0.661. The third-order valence-corrected chi connectivity index (χ3v) is 3.85. The molecule has 0 aliphatic carbocycles. The van der Waals surface area contributed by atoms with Crippen molar-refractivity contribution < 1.29 is 14.6 Å². The molecule has 1 aromatic heterocycles. The van der Waals surface area contributed by atoms with Crippen LogP contribution in [-0.4, -0.2) is 19.3 Å². The van der Waals surface area contributed by atoms with Gasteiger partial charge in [0.1, 0.15) is 17.6 Å². The average molecular weight is 264 g/mol. The smallest absolute Gasteiger partial charge is 0.135 e. The minimum atomic E-state index is -0.661. The molecular formula is C14H16O3S. The van der Waals surface area contributed by atoms with Crippen molar-refractivity contribution in [1.29, 1.82) is 0 Å². The molecule has 0 bridgehead atoms. The summed E-state index contributed by atoms with van der Waals surface area (Å²) in [6.45, 7) is 1.96. The zero-order valence-electron chi connectivity index (χ0n) is 10.6. The molecule has 0 spiro atoms. The Morgan fingerprint density at radius 2 is 1.94 bits per heavy atom. The second kappa shape index (κ2) is 5.42. The first kappa shape index (κ1) is 12.9. The standard InChI is InChI=1S/C14H16O3S/c1-9-8-10(16-2)4-5-11(9)13(15)14-12(17-3)6-7-18-14/h4-8,13,15H,1-3H3. The molecule has 18 heavy (non-hydrogen) atoms. The van der Waals surface area contributed by atoms with Crippen LogP contribution in [0.5, 0.6) is 11.5 Å². The molecule has 1 atom stereocenters. The predicted octanol–water partition coefficient (Wildman–Crippen LogP) is 3.16. The number of hydrogen-bond donors (Lipinski definition) is 1. The SMILES string of the molecule is COc1ccc(C(O)c2sccc2OC)c(C)c1. The largest absolute Gasteiger partial charge is 0.497 e. The Kier molecular flexibility index (Phi) is 3.89. The highest BCUT2D eigenvalue weighted by molar-refractivity contribution is 7.10. The summed E-state index contributed by atoms with van der Waals surface area (Å²) in [6, 6.07) is 7.52. The summed E-state index contributed by atoms with van der Waals surface area (Å²) in [4.78, 5) is 0.825. The maximum absolute atomic E-state index is 10.4. The van der Waals surface area contributed by atoms with Crippen LogP contribution in [0, 0.1) is 6.92 Å². The van der Waals surface area contributed by atoms with E-state index in [4.69, 9.17) is 9.47 Å². The first-order valence-corrected chi connectivity index (χ1v) is 6.49. The van der Waals surface area contributed by atoms with E-state index in [-0.39, 0.29) is 0 Å². The molecule has 2 rings (SSSR count). The number of aliphatic hydroxyl groups excluding tert-OH is 1. The highest BCUT2D eigenvalue weighted by Gasteiger charge is 2.18. The number of rotatable bonds is 4. The van der Waals surface area contributed by atoms with Crippen molar-refractivity contribution >= 4 is 11.3 Å². The molecule has 0 saturated carbocycles. The first-order chi connectivity index (χ1) is 8.67. The fraction of sp³-hybridized carbons (Fsp3) is 0.286. The van der Waals surface area contributed by atoms with Gasteiger partial charge >= 0.3 is 0 Å². The predicted molar refractivity (Wildman–Crippen MR) is 72.7 cm³/mol. The summed E-state index contributed by atoms with van der Waals surface area (Å²) in [6.07, 6.45) is -0.661. The van der Waals surface area contributed by atoms with Gasteiger partial charge in [0.15, 0.2) is 0 Å². The molecule has 1 N–H and O–H groups in total. The summed E-state index contributed by atoms with van der Waals surface area (Å²) in [5.41, 5.74) is 1.87. The summed E-state index contributed by atoms with van der Waals surface area (Å²) in [5, 5.41) is 12.3. The molecule has 0 amide bonds. The Balaban J connectivity index is 2.37. The van der Waals surface area contributed by atoms with E-state index in [9.17, 15) is 5.11 Å². The van der Waals surface area contributed by atoms with Gasteiger partial charge in [-0.2, -0.15) is 0 Å².